The lowest BCUT2D eigenvalue weighted by Crippen LogP contribution is -2.38. The Hall–Kier alpha value is -1.06. The highest BCUT2D eigenvalue weighted by atomic mass is 16.2. The second-order valence-corrected chi connectivity index (χ2v) is 5.66. The highest BCUT2D eigenvalue weighted by Crippen LogP contribution is 2.60. The van der Waals surface area contributed by atoms with Crippen LogP contribution in [0.25, 0.3) is 0 Å². The molecule has 0 radical (unpaired) electrons. The number of nitrogens with two attached hydrogens (primary N) is 1. The number of amides is 2. The normalized spacial score (nSPS) is 39.7. The first-order valence-electron chi connectivity index (χ1n) is 5.50. The Morgan fingerprint density at radius 3 is 2.67 bits per heavy atom. The summed E-state index contributed by atoms with van der Waals surface area (Å²) in [5.41, 5.74) is 8.82. The number of nitrogens with one attached hydrogen (secondary N) is 1. The molecule has 0 saturated heterocycles. The molecule has 2 aliphatic carbocycles. The van der Waals surface area contributed by atoms with Crippen LogP contribution in [0.1, 0.15) is 40.0 Å². The molecular formula is C11H19N3O. The summed E-state index contributed by atoms with van der Waals surface area (Å²) in [5.74, 6) is 0.705. The highest BCUT2D eigenvalue weighted by Gasteiger charge is 2.57. The third-order valence-corrected chi connectivity index (χ3v) is 4.22. The van der Waals surface area contributed by atoms with E-state index >= 15 is 0 Å². The Morgan fingerprint density at radius 1 is 1.53 bits per heavy atom. The first-order valence-corrected chi connectivity index (χ1v) is 5.50. The molecule has 2 fully saturated rings. The van der Waals surface area contributed by atoms with Crippen LogP contribution in [-0.4, -0.2) is 11.7 Å². The van der Waals surface area contributed by atoms with Gasteiger partial charge in [0.1, 0.15) is 0 Å². The van der Waals surface area contributed by atoms with Gasteiger partial charge >= 0.3 is 6.03 Å². The van der Waals surface area contributed by atoms with Gasteiger partial charge in [-0.25, -0.2) is 10.2 Å². The van der Waals surface area contributed by atoms with Gasteiger partial charge in [0, 0.05) is 10.8 Å². The van der Waals surface area contributed by atoms with Gasteiger partial charge in [-0.05, 0) is 25.2 Å². The van der Waals surface area contributed by atoms with Crippen molar-refractivity contribution in [2.75, 3.05) is 0 Å². The summed E-state index contributed by atoms with van der Waals surface area (Å²) in [6.45, 7) is 6.66. The van der Waals surface area contributed by atoms with Crippen molar-refractivity contribution in [3.8, 4) is 0 Å². The van der Waals surface area contributed by atoms with E-state index < -0.39 is 6.03 Å². The van der Waals surface area contributed by atoms with E-state index in [9.17, 15) is 4.79 Å². The van der Waals surface area contributed by atoms with Crippen LogP contribution in [0.4, 0.5) is 4.79 Å². The van der Waals surface area contributed by atoms with Crippen molar-refractivity contribution in [3.05, 3.63) is 0 Å². The average molecular weight is 209 g/mol. The Kier molecular flexibility index (Phi) is 2.07. The van der Waals surface area contributed by atoms with E-state index in [0.29, 0.717) is 5.92 Å². The van der Waals surface area contributed by atoms with Gasteiger partial charge in [-0.2, -0.15) is 5.10 Å². The third-order valence-electron chi connectivity index (χ3n) is 4.22. The molecule has 0 spiro atoms. The van der Waals surface area contributed by atoms with Crippen molar-refractivity contribution in [2.24, 2.45) is 27.6 Å². The quantitative estimate of drug-likeness (QED) is 0.636. The van der Waals surface area contributed by atoms with Crippen LogP contribution < -0.4 is 11.2 Å². The summed E-state index contributed by atoms with van der Waals surface area (Å²) in [6, 6.07) is -0.579. The molecule has 0 heterocycles. The number of nitrogens with zero attached hydrogens (tertiary/aromatic N) is 1. The van der Waals surface area contributed by atoms with Crippen LogP contribution in [0.2, 0.25) is 0 Å². The fourth-order valence-corrected chi connectivity index (χ4v) is 3.43. The van der Waals surface area contributed by atoms with Gasteiger partial charge in [-0.1, -0.05) is 20.8 Å². The maximum atomic E-state index is 10.7. The van der Waals surface area contributed by atoms with Crippen molar-refractivity contribution in [3.63, 3.8) is 0 Å². The lowest BCUT2D eigenvalue weighted by Gasteiger charge is -2.34. The lowest BCUT2D eigenvalue weighted by atomic mass is 9.71. The topological polar surface area (TPSA) is 67.5 Å². The number of hydrogen-bond acceptors (Lipinski definition) is 2. The fourth-order valence-electron chi connectivity index (χ4n) is 3.43. The largest absolute Gasteiger partial charge is 0.350 e. The van der Waals surface area contributed by atoms with Gasteiger partial charge in [-0.15, -0.1) is 0 Å². The second-order valence-electron chi connectivity index (χ2n) is 5.66. The monoisotopic (exact) mass is 209 g/mol. The lowest BCUT2D eigenvalue weighted by molar-refractivity contribution is 0.249. The average Bonchev–Trinajstić information content (AvgIpc) is 2.54. The first kappa shape index (κ1) is 10.5. The van der Waals surface area contributed by atoms with Crippen LogP contribution in [0.5, 0.6) is 0 Å². The molecular weight excluding hydrogens is 190 g/mol. The number of fused-ring (bicyclic) bond motifs is 2. The van der Waals surface area contributed by atoms with E-state index in [4.69, 9.17) is 5.73 Å². The standard InChI is InChI=1S/C11H19N3O/c1-10(2)7-4-5-11(3,6-7)8(10)13-14-9(12)15/h7H,4-6H2,1-3H3,(H3,12,14,15). The van der Waals surface area contributed by atoms with E-state index in [1.807, 2.05) is 0 Å². The van der Waals surface area contributed by atoms with Crippen LogP contribution >= 0.6 is 0 Å². The van der Waals surface area contributed by atoms with E-state index in [0.717, 1.165) is 5.71 Å². The predicted octanol–water partition coefficient (Wildman–Crippen LogP) is 1.86. The molecule has 84 valence electrons. The fraction of sp³-hybridized carbons (Fsp3) is 0.818. The van der Waals surface area contributed by atoms with Gasteiger partial charge in [0.2, 0.25) is 0 Å². The SMILES string of the molecule is CC12CCC(C1)C(C)(C)C2=NNC(N)=O. The molecule has 2 saturated carbocycles. The number of carbonyl (C=O) groups excluding carboxylic acids is 1. The van der Waals surface area contributed by atoms with Crippen LogP contribution in [0, 0.1) is 16.7 Å². The summed E-state index contributed by atoms with van der Waals surface area (Å²) in [6.07, 6.45) is 3.65. The molecule has 2 unspecified atom stereocenters. The minimum Gasteiger partial charge on any atom is -0.350 e. The zero-order valence-electron chi connectivity index (χ0n) is 9.63. The van der Waals surface area contributed by atoms with Crippen LogP contribution in [0.3, 0.4) is 0 Å². The second kappa shape index (κ2) is 2.97. The predicted molar refractivity (Wildman–Crippen MR) is 59.4 cm³/mol. The third kappa shape index (κ3) is 1.43. The first-order chi connectivity index (χ1) is 6.86. The van der Waals surface area contributed by atoms with Crippen LogP contribution in [0.15, 0.2) is 5.10 Å². The minimum atomic E-state index is -0.579. The van der Waals surface area contributed by atoms with E-state index in [2.05, 4.69) is 31.3 Å². The summed E-state index contributed by atoms with van der Waals surface area (Å²) in [5, 5.41) is 4.22. The molecule has 2 aliphatic rings. The Morgan fingerprint density at radius 2 is 2.20 bits per heavy atom. The van der Waals surface area contributed by atoms with Gasteiger partial charge in [0.15, 0.2) is 0 Å². The Labute approximate surface area is 90.3 Å². The van der Waals surface area contributed by atoms with E-state index in [-0.39, 0.29) is 10.8 Å². The van der Waals surface area contributed by atoms with Crippen molar-refractivity contribution < 1.29 is 4.79 Å². The number of primary amides is 1. The van der Waals surface area contributed by atoms with Crippen LogP contribution in [-0.2, 0) is 0 Å². The molecule has 2 amide bonds. The molecule has 0 aliphatic heterocycles. The Balaban J connectivity index is 2.30. The summed E-state index contributed by atoms with van der Waals surface area (Å²) >= 11 is 0. The molecule has 2 bridgehead atoms. The van der Waals surface area contributed by atoms with Gasteiger partial charge in [0.05, 0.1) is 5.71 Å². The van der Waals surface area contributed by atoms with E-state index in [1.165, 1.54) is 19.3 Å². The van der Waals surface area contributed by atoms with Crippen molar-refractivity contribution in [2.45, 2.75) is 40.0 Å². The molecule has 2 rings (SSSR count). The number of hydrogen-bond donors (Lipinski definition) is 2. The zero-order chi connectivity index (χ0) is 11.3. The molecule has 3 N–H and O–H groups in total. The highest BCUT2D eigenvalue weighted by molar-refractivity contribution is 5.98. The smallest absolute Gasteiger partial charge is 0.332 e. The van der Waals surface area contributed by atoms with Gasteiger partial charge in [0.25, 0.3) is 0 Å². The summed E-state index contributed by atoms with van der Waals surface area (Å²) in [7, 11) is 0. The molecule has 2 atom stereocenters. The van der Waals surface area contributed by atoms with Gasteiger partial charge < -0.3 is 5.73 Å². The number of hydrazone groups is 1. The number of rotatable bonds is 1. The molecule has 0 aromatic heterocycles. The number of carbonyl (C=O) groups is 1. The molecule has 4 nitrogen and oxygen atoms in total. The summed E-state index contributed by atoms with van der Waals surface area (Å²) < 4.78 is 0. The van der Waals surface area contributed by atoms with E-state index in [1.54, 1.807) is 0 Å². The zero-order valence-corrected chi connectivity index (χ0v) is 9.63. The Bertz CT molecular complexity index is 328. The maximum absolute atomic E-state index is 10.7. The summed E-state index contributed by atoms with van der Waals surface area (Å²) in [4.78, 5) is 10.7. The van der Waals surface area contributed by atoms with Gasteiger partial charge in [-0.3, -0.25) is 0 Å². The molecule has 4 heteroatoms. The van der Waals surface area contributed by atoms with Crippen molar-refractivity contribution >= 4 is 11.7 Å². The van der Waals surface area contributed by atoms with Crippen molar-refractivity contribution in [1.82, 2.24) is 5.43 Å². The molecule has 0 aromatic rings. The number of urea groups is 1. The van der Waals surface area contributed by atoms with Crippen molar-refractivity contribution in [1.29, 1.82) is 0 Å². The molecule has 15 heavy (non-hydrogen) atoms. The maximum Gasteiger partial charge on any atom is 0.332 e. The minimum absolute atomic E-state index is 0.107. The molecule has 0 aromatic carbocycles.